The number of benzene rings is 2. The third-order valence-corrected chi connectivity index (χ3v) is 5.43. The van der Waals surface area contributed by atoms with Gasteiger partial charge in [0, 0.05) is 12.0 Å². The van der Waals surface area contributed by atoms with Crippen LogP contribution in [0.2, 0.25) is 0 Å². The van der Waals surface area contributed by atoms with E-state index in [-0.39, 0.29) is 29.4 Å². The van der Waals surface area contributed by atoms with Crippen molar-refractivity contribution in [2.24, 2.45) is 5.92 Å². The molecule has 1 aliphatic carbocycles. The molecule has 0 bridgehead atoms. The number of hydrogen-bond acceptors (Lipinski definition) is 2. The highest BCUT2D eigenvalue weighted by atomic mass is 19.1. The average molecular weight is 395 g/mol. The molecule has 1 atom stereocenters. The molecule has 0 aromatic heterocycles. The van der Waals surface area contributed by atoms with Crippen LogP contribution in [0.15, 0.2) is 48.5 Å². The van der Waals surface area contributed by atoms with E-state index >= 15 is 0 Å². The van der Waals surface area contributed by atoms with E-state index in [2.05, 4.69) is 0 Å². The molecule has 1 fully saturated rings. The molecular weight excluding hydrogens is 372 g/mol. The quantitative estimate of drug-likeness (QED) is 0.630. The molecule has 0 aliphatic heterocycles. The smallest absolute Gasteiger partial charge is 0.297 e. The van der Waals surface area contributed by atoms with Crippen LogP contribution >= 0.6 is 0 Å². The summed E-state index contributed by atoms with van der Waals surface area (Å²) in [6.07, 6.45) is 10.6. The Hall–Kier alpha value is -3.00. The predicted octanol–water partition coefficient (Wildman–Crippen LogP) is 5.21. The van der Waals surface area contributed by atoms with Crippen LogP contribution in [0.5, 0.6) is 0 Å². The Balaban J connectivity index is 2.08. The van der Waals surface area contributed by atoms with E-state index in [0.717, 1.165) is 37.0 Å². The summed E-state index contributed by atoms with van der Waals surface area (Å²) in [5, 5.41) is 0. The molecule has 3 rings (SSSR count). The predicted molar refractivity (Wildman–Crippen MR) is 108 cm³/mol. The van der Waals surface area contributed by atoms with Crippen LogP contribution < -0.4 is 4.90 Å². The molecule has 2 aromatic carbocycles. The number of anilines is 1. The Labute approximate surface area is 169 Å². The number of carbonyl (C=O) groups is 2. The van der Waals surface area contributed by atoms with Crippen molar-refractivity contribution < 1.29 is 18.4 Å². The third kappa shape index (κ3) is 4.71. The minimum Gasteiger partial charge on any atom is -0.297 e. The molecule has 5 heteroatoms. The first-order chi connectivity index (χ1) is 14.0. The molecule has 2 aromatic rings. The number of halogens is 2. The van der Waals surface area contributed by atoms with E-state index in [9.17, 15) is 18.4 Å². The molecule has 0 spiro atoms. The third-order valence-electron chi connectivity index (χ3n) is 5.43. The van der Waals surface area contributed by atoms with Gasteiger partial charge >= 0.3 is 5.91 Å². The van der Waals surface area contributed by atoms with Crippen LogP contribution in [0.4, 0.5) is 14.5 Å². The fraction of sp³-hybridized carbons (Fsp3) is 0.333. The van der Waals surface area contributed by atoms with E-state index in [1.165, 1.54) is 36.4 Å². The Morgan fingerprint density at radius 2 is 1.62 bits per heavy atom. The molecule has 1 amide bonds. The summed E-state index contributed by atoms with van der Waals surface area (Å²) < 4.78 is 29.3. The van der Waals surface area contributed by atoms with Gasteiger partial charge in [0.15, 0.2) is 5.78 Å². The van der Waals surface area contributed by atoms with Gasteiger partial charge in [-0.25, -0.2) is 8.78 Å². The van der Waals surface area contributed by atoms with Gasteiger partial charge in [-0.3, -0.25) is 14.5 Å². The van der Waals surface area contributed by atoms with E-state index in [4.69, 9.17) is 6.42 Å². The fourth-order valence-corrected chi connectivity index (χ4v) is 4.02. The summed E-state index contributed by atoms with van der Waals surface area (Å²) in [7, 11) is 0. The first-order valence-corrected chi connectivity index (χ1v) is 9.84. The summed E-state index contributed by atoms with van der Waals surface area (Å²) in [5.74, 6) is -0.432. The van der Waals surface area contributed by atoms with Gasteiger partial charge in [0.2, 0.25) is 0 Å². The normalized spacial score (nSPS) is 15.3. The lowest BCUT2D eigenvalue weighted by Crippen LogP contribution is -2.40. The van der Waals surface area contributed by atoms with Crippen LogP contribution in [0.1, 0.15) is 50.1 Å². The highest BCUT2D eigenvalue weighted by Gasteiger charge is 2.36. The molecule has 0 N–H and O–H groups in total. The molecule has 1 unspecified atom stereocenters. The monoisotopic (exact) mass is 395 g/mol. The van der Waals surface area contributed by atoms with E-state index in [0.29, 0.717) is 0 Å². The van der Waals surface area contributed by atoms with Crippen molar-refractivity contribution in [1.29, 1.82) is 0 Å². The van der Waals surface area contributed by atoms with Gasteiger partial charge in [0.1, 0.15) is 17.7 Å². The van der Waals surface area contributed by atoms with Crippen molar-refractivity contribution in [2.75, 3.05) is 4.90 Å². The number of ketones is 1. The van der Waals surface area contributed by atoms with Crippen molar-refractivity contribution in [3.8, 4) is 12.3 Å². The highest BCUT2D eigenvalue weighted by Crippen LogP contribution is 2.35. The number of carbonyl (C=O) groups excluding carboxylic acids is 2. The van der Waals surface area contributed by atoms with Crippen LogP contribution in [-0.4, -0.2) is 11.7 Å². The lowest BCUT2D eigenvalue weighted by Gasteiger charge is -2.32. The number of terminal acetylenes is 1. The lowest BCUT2D eigenvalue weighted by atomic mass is 9.83. The van der Waals surface area contributed by atoms with Crippen molar-refractivity contribution in [1.82, 2.24) is 0 Å². The van der Waals surface area contributed by atoms with E-state index in [1.54, 1.807) is 12.1 Å². The lowest BCUT2D eigenvalue weighted by molar-refractivity contribution is -0.124. The molecule has 150 valence electrons. The minimum atomic E-state index is -1.32. The van der Waals surface area contributed by atoms with Crippen LogP contribution in [0.25, 0.3) is 0 Å². The average Bonchev–Trinajstić information content (AvgIpc) is 2.73. The second-order valence-electron chi connectivity index (χ2n) is 7.37. The molecule has 3 nitrogen and oxygen atoms in total. The zero-order valence-electron chi connectivity index (χ0n) is 16.1. The molecule has 29 heavy (non-hydrogen) atoms. The second kappa shape index (κ2) is 9.47. The standard InChI is InChI=1S/C24H23F2NO2/c1-2-23(29)27(21-15-9-8-14-20(21)26)24(18-12-6-7-13-19(18)25)22(28)16-17-10-4-3-5-11-17/h1,6-9,12-15,17,24H,3-5,10-11,16H2. The van der Waals surface area contributed by atoms with Crippen molar-refractivity contribution in [3.05, 3.63) is 65.7 Å². The van der Waals surface area contributed by atoms with Gasteiger partial charge in [-0.1, -0.05) is 62.4 Å². The van der Waals surface area contributed by atoms with Crippen molar-refractivity contribution in [2.45, 2.75) is 44.6 Å². The number of para-hydroxylation sites is 1. The number of amides is 1. The van der Waals surface area contributed by atoms with Gasteiger partial charge in [0.25, 0.3) is 0 Å². The van der Waals surface area contributed by atoms with Gasteiger partial charge < -0.3 is 0 Å². The fourth-order valence-electron chi connectivity index (χ4n) is 4.02. The maximum Gasteiger partial charge on any atom is 0.303 e. The Morgan fingerprint density at radius 3 is 2.24 bits per heavy atom. The van der Waals surface area contributed by atoms with E-state index < -0.39 is 23.6 Å². The molecule has 0 saturated heterocycles. The van der Waals surface area contributed by atoms with Gasteiger partial charge in [-0.15, -0.1) is 6.42 Å². The number of Topliss-reactive ketones (excluding diaryl/α,β-unsaturated/α-hetero) is 1. The number of nitrogens with zero attached hydrogens (tertiary/aromatic N) is 1. The Morgan fingerprint density at radius 1 is 1.00 bits per heavy atom. The summed E-state index contributed by atoms with van der Waals surface area (Å²) in [4.78, 5) is 26.9. The Kier molecular flexibility index (Phi) is 6.77. The molecule has 0 heterocycles. The van der Waals surface area contributed by atoms with Gasteiger partial charge in [-0.2, -0.15) is 0 Å². The van der Waals surface area contributed by atoms with Gasteiger partial charge in [0.05, 0.1) is 5.69 Å². The van der Waals surface area contributed by atoms with Gasteiger partial charge in [-0.05, 0) is 30.0 Å². The maximum absolute atomic E-state index is 14.7. The summed E-state index contributed by atoms with van der Waals surface area (Å²) in [6, 6.07) is 9.98. The van der Waals surface area contributed by atoms with Crippen LogP contribution in [0, 0.1) is 29.9 Å². The van der Waals surface area contributed by atoms with Crippen LogP contribution in [0.3, 0.4) is 0 Å². The highest BCUT2D eigenvalue weighted by molar-refractivity contribution is 6.10. The van der Waals surface area contributed by atoms with Crippen LogP contribution in [-0.2, 0) is 9.59 Å². The summed E-state index contributed by atoms with van der Waals surface area (Å²) in [6.45, 7) is 0. The first-order valence-electron chi connectivity index (χ1n) is 9.84. The van der Waals surface area contributed by atoms with Crippen molar-refractivity contribution >= 4 is 17.4 Å². The summed E-state index contributed by atoms with van der Waals surface area (Å²) >= 11 is 0. The molecular formula is C24H23F2NO2. The molecule has 1 saturated carbocycles. The Bertz CT molecular complexity index is 928. The van der Waals surface area contributed by atoms with Crippen molar-refractivity contribution in [3.63, 3.8) is 0 Å². The number of rotatable bonds is 6. The second-order valence-corrected chi connectivity index (χ2v) is 7.37. The van der Waals surface area contributed by atoms with E-state index in [1.807, 2.05) is 5.92 Å². The summed E-state index contributed by atoms with van der Waals surface area (Å²) in [5.41, 5.74) is -0.124. The zero-order valence-corrected chi connectivity index (χ0v) is 16.1. The maximum atomic E-state index is 14.7. The first kappa shape index (κ1) is 20.7. The topological polar surface area (TPSA) is 37.4 Å². The zero-order chi connectivity index (χ0) is 20.8. The molecule has 0 radical (unpaired) electrons. The number of hydrogen-bond donors (Lipinski definition) is 0. The SMILES string of the molecule is C#CC(=O)N(c1ccccc1F)C(C(=O)CC1CCCCC1)c1ccccc1F. The minimum absolute atomic E-state index is 0.0140. The largest absolute Gasteiger partial charge is 0.303 e. The molecule has 1 aliphatic rings.